The zero-order valence-corrected chi connectivity index (χ0v) is 28.3. The van der Waals surface area contributed by atoms with Crippen LogP contribution in [0.5, 0.6) is 0 Å². The molecule has 0 bridgehead atoms. The fourth-order valence-corrected chi connectivity index (χ4v) is 6.82. The number of para-hydroxylation sites is 1. The van der Waals surface area contributed by atoms with E-state index in [1.54, 1.807) is 23.5 Å². The first-order valence-electron chi connectivity index (χ1n) is 15.5. The molecule has 2 aromatic heterocycles. The Kier molecular flexibility index (Phi) is 11.2. The number of carbonyl (C=O) groups excluding carboxylic acids is 1. The van der Waals surface area contributed by atoms with E-state index in [2.05, 4.69) is 51.1 Å². The predicted molar refractivity (Wildman–Crippen MR) is 179 cm³/mol. The molecule has 1 aliphatic carbocycles. The average Bonchev–Trinajstić information content (AvgIpc) is 3.49. The second-order valence-corrected chi connectivity index (χ2v) is 12.7. The molecule has 7 nitrogen and oxygen atoms in total. The van der Waals surface area contributed by atoms with Gasteiger partial charge in [-0.15, -0.1) is 0 Å². The van der Waals surface area contributed by atoms with Crippen molar-refractivity contribution in [1.82, 2.24) is 20.3 Å². The van der Waals surface area contributed by atoms with Gasteiger partial charge >= 0.3 is 266 Å². The molecule has 0 spiro atoms. The van der Waals surface area contributed by atoms with E-state index >= 15 is 4.39 Å². The second kappa shape index (κ2) is 15.5. The summed E-state index contributed by atoms with van der Waals surface area (Å²) < 4.78 is 22.0. The predicted octanol–water partition coefficient (Wildman–Crippen LogP) is 7.74. The van der Waals surface area contributed by atoms with Crippen LogP contribution in [0.2, 0.25) is 0 Å². The van der Waals surface area contributed by atoms with Crippen molar-refractivity contribution in [1.29, 1.82) is 0 Å². The fraction of sp³-hybridized carbons (Fsp3) is 0.278. The van der Waals surface area contributed by atoms with Gasteiger partial charge in [-0.3, -0.25) is 0 Å². The van der Waals surface area contributed by atoms with Gasteiger partial charge in [-0.2, -0.15) is 0 Å². The molecule has 46 heavy (non-hydrogen) atoms. The van der Waals surface area contributed by atoms with Crippen molar-refractivity contribution < 1.29 is 30.9 Å². The number of benzene rings is 2. The Morgan fingerprint density at radius 1 is 1.17 bits per heavy atom. The van der Waals surface area contributed by atoms with Crippen molar-refractivity contribution in [3.63, 3.8) is 0 Å². The number of nitrogens with zero attached hydrogens (tertiary/aromatic N) is 3. The zero-order valence-electron chi connectivity index (χ0n) is 26.1. The standard InChI is InChI=1S/C36H37FN5O2S.V/c1-5-13-29(35(43)42-33-27(18-12-19-28(33)37)23(4)24-14-9-8-10-15-24)40-32(7-3)44-22-30-34(26-20-38-31(6-2)39-21-26)45-36(41-30)25-16-11-17-25;/h7-10,12,14-15,18-21,25,29,40H,3-6,11,13,16-17H2,1-2H3,(H,42,43);/q-1;/b32-7+;. The Morgan fingerprint density at radius 3 is 2.54 bits per heavy atom. The van der Waals surface area contributed by atoms with Crippen LogP contribution < -0.4 is 10.6 Å². The van der Waals surface area contributed by atoms with Gasteiger partial charge in [-0.05, 0) is 0 Å². The molecule has 237 valence electrons. The van der Waals surface area contributed by atoms with E-state index < -0.39 is 17.8 Å². The van der Waals surface area contributed by atoms with Crippen molar-refractivity contribution in [2.24, 2.45) is 0 Å². The summed E-state index contributed by atoms with van der Waals surface area (Å²) in [5.74, 6) is 0.555. The number of amides is 1. The van der Waals surface area contributed by atoms with E-state index in [4.69, 9.17) is 9.72 Å². The van der Waals surface area contributed by atoms with Crippen LogP contribution in [-0.2, 0) is 32.9 Å². The number of halogens is 1. The molecule has 1 amide bonds. The summed E-state index contributed by atoms with van der Waals surface area (Å²) in [5.41, 5.74) is 3.59. The van der Waals surface area contributed by atoms with E-state index in [0.29, 0.717) is 40.0 Å². The van der Waals surface area contributed by atoms with Crippen molar-refractivity contribution in [2.75, 3.05) is 5.32 Å². The third kappa shape index (κ3) is 7.66. The number of anilines is 1. The summed E-state index contributed by atoms with van der Waals surface area (Å²) in [6, 6.07) is 13.4. The maximum atomic E-state index is 15.2. The first-order chi connectivity index (χ1) is 22.3. The molecule has 10 heteroatoms. The van der Waals surface area contributed by atoms with Crippen LogP contribution in [0.1, 0.15) is 79.5 Å². The van der Waals surface area contributed by atoms with Gasteiger partial charge in [0.15, 0.2) is 0 Å². The number of aromatic nitrogens is 3. The Balaban J connectivity index is 1.35. The molecule has 1 aliphatic rings. The maximum absolute atomic E-state index is 15.2. The van der Waals surface area contributed by atoms with Crippen LogP contribution in [-0.4, -0.2) is 31.3 Å². The van der Waals surface area contributed by atoms with Gasteiger partial charge in [-0.25, -0.2) is 0 Å². The molecule has 1 atom stereocenters. The fourth-order valence-electron chi connectivity index (χ4n) is 5.08. The summed E-state index contributed by atoms with van der Waals surface area (Å²) in [6.07, 6.45) is 10.5. The number of ether oxygens (including phenoxy) is 1. The summed E-state index contributed by atoms with van der Waals surface area (Å²) >= 11 is 4.08. The minimum atomic E-state index is -0.730. The molecule has 2 N–H and O–H groups in total. The average molecular weight is 674 g/mol. The molecular weight excluding hydrogens is 636 g/mol. The summed E-state index contributed by atoms with van der Waals surface area (Å²) in [7, 11) is 0. The molecule has 1 saturated carbocycles. The van der Waals surface area contributed by atoms with Gasteiger partial charge < -0.3 is 0 Å². The van der Waals surface area contributed by atoms with Gasteiger partial charge in [0.25, 0.3) is 0 Å². The second-order valence-electron chi connectivity index (χ2n) is 11.1. The van der Waals surface area contributed by atoms with Crippen molar-refractivity contribution >= 4 is 32.9 Å². The molecule has 1 fully saturated rings. The topological polar surface area (TPSA) is 89.0 Å². The van der Waals surface area contributed by atoms with E-state index in [1.807, 2.05) is 56.6 Å². The van der Waals surface area contributed by atoms with E-state index in [0.717, 1.165) is 46.1 Å². The number of allylic oxidation sites excluding steroid dienone is 1. The van der Waals surface area contributed by atoms with Gasteiger partial charge in [0.1, 0.15) is 0 Å². The molecule has 0 saturated heterocycles. The van der Waals surface area contributed by atoms with Gasteiger partial charge in [0, 0.05) is 0 Å². The molecule has 5 rings (SSSR count). The summed E-state index contributed by atoms with van der Waals surface area (Å²) in [5, 5.41) is 7.08. The number of rotatable bonds is 14. The van der Waals surface area contributed by atoms with Gasteiger partial charge in [-0.1, -0.05) is 18.2 Å². The number of aryl methyl sites for hydroxylation is 1. The minimum absolute atomic E-state index is 0.0803. The molecule has 2 heterocycles. The number of carbonyl (C=O) groups is 1. The van der Waals surface area contributed by atoms with Crippen LogP contribution in [0.15, 0.2) is 79.5 Å². The first kappa shape index (κ1) is 33.3. The molecule has 1 unspecified atom stereocenters. The summed E-state index contributed by atoms with van der Waals surface area (Å²) in [6.45, 7) is 12.1. The molecule has 0 radical (unpaired) electrons. The number of hydrogen-bond acceptors (Lipinski definition) is 7. The first-order valence-corrected chi connectivity index (χ1v) is 17.0. The summed E-state index contributed by atoms with van der Waals surface area (Å²) in [4.78, 5) is 28.6. The van der Waals surface area contributed by atoms with E-state index in [-0.39, 0.29) is 11.6 Å². The SMILES string of the molecule is C=C(c1ccccc1)c1cccc(F)c1NC(=O)C(CCC)N/C(=C\[CH2-])O[C](=[V])c1nc(C2CCC2)sc1-c1cnc(CC)nc1. The monoisotopic (exact) mass is 673 g/mol. The molecule has 4 aromatic rings. The normalized spacial score (nSPS) is 13.8. The Bertz CT molecular complexity index is 1740. The number of hydrogen-bond donors (Lipinski definition) is 2. The Labute approximate surface area is 282 Å². The quantitative estimate of drug-likeness (QED) is 0.105. The molecular formula is C36H37FN5O2SV-. The Morgan fingerprint density at radius 2 is 1.91 bits per heavy atom. The zero-order chi connectivity index (χ0) is 32.6. The van der Waals surface area contributed by atoms with E-state index in [1.165, 1.54) is 18.6 Å². The molecule has 0 aliphatic heterocycles. The van der Waals surface area contributed by atoms with Crippen molar-refractivity contribution in [3.8, 4) is 10.4 Å². The number of nitrogens with one attached hydrogen (secondary N) is 2. The van der Waals surface area contributed by atoms with Crippen LogP contribution >= 0.6 is 11.3 Å². The van der Waals surface area contributed by atoms with E-state index in [9.17, 15) is 4.79 Å². The van der Waals surface area contributed by atoms with Crippen molar-refractivity contribution in [2.45, 2.75) is 64.3 Å². The van der Waals surface area contributed by atoms with Crippen molar-refractivity contribution in [3.05, 3.63) is 120 Å². The van der Waals surface area contributed by atoms with Crippen LogP contribution in [0, 0.1) is 12.7 Å². The van der Waals surface area contributed by atoms with Gasteiger partial charge in [0.05, 0.1) is 0 Å². The van der Waals surface area contributed by atoms with Gasteiger partial charge in [0.2, 0.25) is 0 Å². The van der Waals surface area contributed by atoms with Crippen LogP contribution in [0.3, 0.4) is 0 Å². The Hall–Kier alpha value is -4.05. The molecule has 2 aromatic carbocycles. The third-order valence-corrected chi connectivity index (χ3v) is 9.64. The van der Waals surface area contributed by atoms with Crippen LogP contribution in [0.25, 0.3) is 16.0 Å². The third-order valence-electron chi connectivity index (χ3n) is 7.90. The van der Waals surface area contributed by atoms with Crippen LogP contribution in [0.4, 0.5) is 10.1 Å². The number of thiazole rings is 1.